The number of esters is 1. The van der Waals surface area contributed by atoms with Crippen LogP contribution in [-0.2, 0) is 14.3 Å². The molecule has 0 aromatic carbocycles. The molecule has 0 saturated heterocycles. The van der Waals surface area contributed by atoms with Gasteiger partial charge in [-0.25, -0.2) is 4.79 Å². The molecular weight excluding hydrogens is 194 g/mol. The van der Waals surface area contributed by atoms with E-state index in [1.54, 1.807) is 0 Å². The first-order chi connectivity index (χ1) is 7.08. The number of hydrogen-bond acceptors (Lipinski definition) is 3. The number of hydrogen-bond donors (Lipinski definition) is 1. The topological polar surface area (TPSA) is 55.4 Å². The van der Waals surface area contributed by atoms with Crippen molar-refractivity contribution in [1.29, 1.82) is 0 Å². The summed E-state index contributed by atoms with van der Waals surface area (Å²) in [6.07, 6.45) is 5.74. The van der Waals surface area contributed by atoms with Gasteiger partial charge < -0.3 is 10.1 Å². The van der Waals surface area contributed by atoms with Crippen LogP contribution < -0.4 is 5.32 Å². The van der Waals surface area contributed by atoms with Crippen LogP contribution in [0.4, 0.5) is 0 Å². The van der Waals surface area contributed by atoms with Crippen molar-refractivity contribution in [3.63, 3.8) is 0 Å². The molecule has 0 aromatic heterocycles. The largest absolute Gasteiger partial charge is 0.467 e. The summed E-state index contributed by atoms with van der Waals surface area (Å²) in [6.45, 7) is 1.43. The Morgan fingerprint density at radius 3 is 2.60 bits per heavy atom. The van der Waals surface area contributed by atoms with Gasteiger partial charge in [-0.15, -0.1) is 0 Å². The van der Waals surface area contributed by atoms with E-state index in [0.717, 1.165) is 6.42 Å². The van der Waals surface area contributed by atoms with Crippen molar-refractivity contribution in [3.8, 4) is 0 Å². The zero-order chi connectivity index (χ0) is 11.1. The van der Waals surface area contributed by atoms with Crippen LogP contribution in [0.2, 0.25) is 0 Å². The molecule has 0 aliphatic heterocycles. The summed E-state index contributed by atoms with van der Waals surface area (Å²) in [5, 5.41) is 2.77. The maximum Gasteiger partial charge on any atom is 0.332 e. The third kappa shape index (κ3) is 1.44. The highest BCUT2D eigenvalue weighted by molar-refractivity contribution is 5.88. The Bertz CT molecular complexity index is 337. The van der Waals surface area contributed by atoms with E-state index in [2.05, 4.69) is 11.4 Å². The van der Waals surface area contributed by atoms with Crippen molar-refractivity contribution in [2.75, 3.05) is 7.11 Å². The lowest BCUT2D eigenvalue weighted by molar-refractivity contribution is -0.152. The molecule has 2 aliphatic carbocycles. The van der Waals surface area contributed by atoms with Crippen molar-refractivity contribution < 1.29 is 14.3 Å². The summed E-state index contributed by atoms with van der Waals surface area (Å²) in [6, 6.07) is 0. The molecule has 1 saturated carbocycles. The molecule has 0 unspecified atom stereocenters. The molecule has 1 amide bonds. The number of nitrogens with one attached hydrogen (secondary N) is 1. The van der Waals surface area contributed by atoms with Crippen LogP contribution in [0, 0.1) is 11.8 Å². The molecule has 2 bridgehead atoms. The fraction of sp³-hybridized carbons (Fsp3) is 0.636. The Labute approximate surface area is 88.7 Å². The zero-order valence-corrected chi connectivity index (χ0v) is 8.95. The normalized spacial score (nSPS) is 36.7. The Morgan fingerprint density at radius 1 is 1.47 bits per heavy atom. The van der Waals surface area contributed by atoms with Crippen molar-refractivity contribution in [1.82, 2.24) is 5.32 Å². The number of carbonyl (C=O) groups is 2. The van der Waals surface area contributed by atoms with Gasteiger partial charge in [-0.3, -0.25) is 4.79 Å². The maximum atomic E-state index is 11.8. The average molecular weight is 209 g/mol. The van der Waals surface area contributed by atoms with E-state index in [1.807, 2.05) is 6.08 Å². The molecule has 0 heterocycles. The number of ether oxygens (including phenoxy) is 1. The highest BCUT2D eigenvalue weighted by atomic mass is 16.5. The molecule has 4 nitrogen and oxygen atoms in total. The highest BCUT2D eigenvalue weighted by Crippen LogP contribution is 2.46. The summed E-state index contributed by atoms with van der Waals surface area (Å²) < 4.78 is 4.80. The first kappa shape index (κ1) is 10.2. The minimum atomic E-state index is -0.806. The van der Waals surface area contributed by atoms with Crippen LogP contribution >= 0.6 is 0 Å². The Balaban J connectivity index is 2.28. The quantitative estimate of drug-likeness (QED) is 0.536. The van der Waals surface area contributed by atoms with Gasteiger partial charge in [-0.2, -0.15) is 0 Å². The number of rotatable bonds is 2. The summed E-state index contributed by atoms with van der Waals surface area (Å²) in [5.41, 5.74) is -0.806. The monoisotopic (exact) mass is 209 g/mol. The van der Waals surface area contributed by atoms with E-state index in [0.29, 0.717) is 12.3 Å². The molecule has 1 fully saturated rings. The molecule has 0 spiro atoms. The smallest absolute Gasteiger partial charge is 0.332 e. The van der Waals surface area contributed by atoms with E-state index in [9.17, 15) is 9.59 Å². The van der Waals surface area contributed by atoms with Crippen LogP contribution in [0.25, 0.3) is 0 Å². The molecule has 2 rings (SSSR count). The molecule has 2 aliphatic rings. The van der Waals surface area contributed by atoms with Gasteiger partial charge in [0, 0.05) is 12.8 Å². The number of amides is 1. The molecular formula is C11H15NO3. The van der Waals surface area contributed by atoms with Crippen molar-refractivity contribution >= 4 is 11.9 Å². The lowest BCUT2D eigenvalue weighted by atomic mass is 9.84. The second-order valence-corrected chi connectivity index (χ2v) is 4.34. The zero-order valence-electron chi connectivity index (χ0n) is 8.95. The fourth-order valence-electron chi connectivity index (χ4n) is 2.78. The fourth-order valence-corrected chi connectivity index (χ4v) is 2.78. The maximum absolute atomic E-state index is 11.8. The van der Waals surface area contributed by atoms with Gasteiger partial charge in [0.1, 0.15) is 5.54 Å². The minimum Gasteiger partial charge on any atom is -0.467 e. The number of methoxy groups -OCH3 is 1. The van der Waals surface area contributed by atoms with E-state index in [1.165, 1.54) is 14.0 Å². The predicted molar refractivity (Wildman–Crippen MR) is 53.9 cm³/mol. The molecule has 82 valence electrons. The minimum absolute atomic E-state index is 0.0962. The lowest BCUT2D eigenvalue weighted by Crippen LogP contribution is -2.57. The van der Waals surface area contributed by atoms with Gasteiger partial charge in [0.05, 0.1) is 7.11 Å². The van der Waals surface area contributed by atoms with Crippen LogP contribution in [0.1, 0.15) is 19.8 Å². The van der Waals surface area contributed by atoms with Gasteiger partial charge in [0.2, 0.25) is 5.91 Å². The summed E-state index contributed by atoms with van der Waals surface area (Å²) in [7, 11) is 1.36. The highest BCUT2D eigenvalue weighted by Gasteiger charge is 2.55. The van der Waals surface area contributed by atoms with E-state index in [-0.39, 0.29) is 17.8 Å². The van der Waals surface area contributed by atoms with Gasteiger partial charge in [0.25, 0.3) is 0 Å². The van der Waals surface area contributed by atoms with E-state index in [4.69, 9.17) is 4.74 Å². The predicted octanol–water partition coefficient (Wildman–Crippen LogP) is 0.630. The second kappa shape index (κ2) is 3.36. The van der Waals surface area contributed by atoms with Gasteiger partial charge in [0.15, 0.2) is 0 Å². The standard InChI is InChI=1S/C11H15NO3/c1-7(13)12-11(10(14)15-2)6-8-3-4-9(11)5-8/h3-4,8-9H,5-6H2,1-2H3,(H,12,13)/t8-,9+,11+/m1/s1. The third-order valence-electron chi connectivity index (χ3n) is 3.34. The van der Waals surface area contributed by atoms with Gasteiger partial charge in [-0.1, -0.05) is 12.2 Å². The first-order valence-electron chi connectivity index (χ1n) is 5.14. The van der Waals surface area contributed by atoms with E-state index >= 15 is 0 Å². The molecule has 1 N–H and O–H groups in total. The summed E-state index contributed by atoms with van der Waals surface area (Å²) in [4.78, 5) is 22.9. The molecule has 0 radical (unpaired) electrons. The Kier molecular flexibility index (Phi) is 2.29. The summed E-state index contributed by atoms with van der Waals surface area (Å²) in [5.74, 6) is -0.00398. The lowest BCUT2D eigenvalue weighted by Gasteiger charge is -2.33. The van der Waals surface area contributed by atoms with Crippen LogP contribution in [0.5, 0.6) is 0 Å². The molecule has 4 heteroatoms. The average Bonchev–Trinajstić information content (AvgIpc) is 2.75. The van der Waals surface area contributed by atoms with Gasteiger partial charge >= 0.3 is 5.97 Å². The SMILES string of the molecule is COC(=O)[C@]1(NC(C)=O)C[C@@H]2C=C[C@H]1C2. The Hall–Kier alpha value is -1.32. The van der Waals surface area contributed by atoms with E-state index < -0.39 is 5.54 Å². The first-order valence-corrected chi connectivity index (χ1v) is 5.14. The third-order valence-corrected chi connectivity index (χ3v) is 3.34. The van der Waals surface area contributed by atoms with Crippen LogP contribution in [0.3, 0.4) is 0 Å². The van der Waals surface area contributed by atoms with Gasteiger partial charge in [-0.05, 0) is 18.8 Å². The number of carbonyl (C=O) groups excluding carboxylic acids is 2. The van der Waals surface area contributed by atoms with Crippen molar-refractivity contribution in [2.45, 2.75) is 25.3 Å². The molecule has 0 aromatic rings. The van der Waals surface area contributed by atoms with Crippen LogP contribution in [-0.4, -0.2) is 24.5 Å². The van der Waals surface area contributed by atoms with Crippen molar-refractivity contribution in [2.24, 2.45) is 11.8 Å². The Morgan fingerprint density at radius 2 is 2.20 bits per heavy atom. The number of allylic oxidation sites excluding steroid dienone is 1. The molecule has 15 heavy (non-hydrogen) atoms. The number of fused-ring (bicyclic) bond motifs is 2. The summed E-state index contributed by atoms with van der Waals surface area (Å²) >= 11 is 0. The molecule has 3 atom stereocenters. The van der Waals surface area contributed by atoms with Crippen LogP contribution in [0.15, 0.2) is 12.2 Å². The van der Waals surface area contributed by atoms with Crippen molar-refractivity contribution in [3.05, 3.63) is 12.2 Å². The second-order valence-electron chi connectivity index (χ2n) is 4.34.